The predicted octanol–water partition coefficient (Wildman–Crippen LogP) is 3.53. The monoisotopic (exact) mass is 380 g/mol. The Labute approximate surface area is 156 Å². The van der Waals surface area contributed by atoms with E-state index in [-0.39, 0.29) is 11.8 Å². The van der Waals surface area contributed by atoms with Crippen molar-refractivity contribution < 1.29 is 9.59 Å². The number of carbonyl (C=O) groups is 2. The number of anilines is 1. The lowest BCUT2D eigenvalue weighted by Crippen LogP contribution is -2.30. The lowest BCUT2D eigenvalue weighted by molar-refractivity contribution is 0.0773. The zero-order valence-corrected chi connectivity index (χ0v) is 16.2. The highest BCUT2D eigenvalue weighted by atomic mass is 35.5. The average Bonchev–Trinajstić information content (AvgIpc) is 2.97. The van der Waals surface area contributed by atoms with E-state index in [4.69, 9.17) is 11.6 Å². The molecule has 1 aromatic carbocycles. The number of carbonyl (C=O) groups excluding carboxylic acids is 2. The van der Waals surface area contributed by atoms with Gasteiger partial charge in [-0.3, -0.25) is 14.3 Å². The van der Waals surface area contributed by atoms with Crippen LogP contribution in [-0.4, -0.2) is 45.8 Å². The Bertz CT molecular complexity index is 787. The molecule has 0 spiro atoms. The van der Waals surface area contributed by atoms with Crippen LogP contribution in [0.3, 0.4) is 0 Å². The van der Waals surface area contributed by atoms with E-state index in [0.717, 1.165) is 0 Å². The summed E-state index contributed by atoms with van der Waals surface area (Å²) in [6.07, 6.45) is 3.53. The number of nitrogens with one attached hydrogen (secondary N) is 1. The van der Waals surface area contributed by atoms with E-state index in [2.05, 4.69) is 10.4 Å². The Morgan fingerprint density at radius 1 is 1.28 bits per heavy atom. The van der Waals surface area contributed by atoms with Gasteiger partial charge in [-0.15, -0.1) is 11.8 Å². The first-order valence-corrected chi connectivity index (χ1v) is 9.49. The number of benzene rings is 1. The van der Waals surface area contributed by atoms with Crippen LogP contribution in [-0.2, 0) is 7.05 Å². The third kappa shape index (κ3) is 4.35. The van der Waals surface area contributed by atoms with E-state index in [1.807, 2.05) is 20.1 Å². The first-order chi connectivity index (χ1) is 11.9. The van der Waals surface area contributed by atoms with Gasteiger partial charge >= 0.3 is 0 Å². The number of hydrogen-bond donors (Lipinski definition) is 1. The Hall–Kier alpha value is -1.99. The molecule has 0 radical (unpaired) electrons. The zero-order valence-electron chi connectivity index (χ0n) is 14.7. The summed E-state index contributed by atoms with van der Waals surface area (Å²) in [6.45, 7) is 5.06. The van der Waals surface area contributed by atoms with Gasteiger partial charge in [-0.25, -0.2) is 0 Å². The highest BCUT2D eigenvalue weighted by Crippen LogP contribution is 2.24. The molecule has 2 aromatic rings. The quantitative estimate of drug-likeness (QED) is 0.778. The second-order valence-corrected chi connectivity index (χ2v) is 6.55. The van der Waals surface area contributed by atoms with Gasteiger partial charge in [0.05, 0.1) is 16.1 Å². The van der Waals surface area contributed by atoms with Crippen molar-refractivity contribution in [1.82, 2.24) is 14.7 Å². The van der Waals surface area contributed by atoms with Crippen LogP contribution in [0.1, 0.15) is 34.6 Å². The summed E-state index contributed by atoms with van der Waals surface area (Å²) in [6, 6.07) is 4.90. The number of rotatable bonds is 6. The molecule has 0 aliphatic heterocycles. The van der Waals surface area contributed by atoms with Gasteiger partial charge < -0.3 is 10.2 Å². The molecular formula is C17H21ClN4O2S. The Balaban J connectivity index is 2.20. The van der Waals surface area contributed by atoms with Gasteiger partial charge in [-0.05, 0) is 38.3 Å². The van der Waals surface area contributed by atoms with E-state index < -0.39 is 0 Å². The molecule has 0 fully saturated rings. The van der Waals surface area contributed by atoms with Gasteiger partial charge in [-0.2, -0.15) is 5.10 Å². The molecule has 25 heavy (non-hydrogen) atoms. The number of thioether (sulfide) groups is 1. The standard InChI is InChI=1S/C17H21ClN4O2S/c1-5-22(6-2)17(24)12-8-7-11(9-14(12)18)19-15(23)13-10-21(3)20-16(13)25-4/h7-10H,5-6H2,1-4H3,(H,19,23). The summed E-state index contributed by atoms with van der Waals surface area (Å²) < 4.78 is 1.60. The van der Waals surface area contributed by atoms with Gasteiger partial charge in [0.25, 0.3) is 11.8 Å². The van der Waals surface area contributed by atoms with Crippen LogP contribution < -0.4 is 5.32 Å². The summed E-state index contributed by atoms with van der Waals surface area (Å²) in [4.78, 5) is 26.5. The van der Waals surface area contributed by atoms with Crippen molar-refractivity contribution in [2.24, 2.45) is 7.05 Å². The fourth-order valence-corrected chi connectivity index (χ4v) is 3.26. The lowest BCUT2D eigenvalue weighted by atomic mass is 10.1. The third-order valence-electron chi connectivity index (χ3n) is 3.74. The Morgan fingerprint density at radius 2 is 1.96 bits per heavy atom. The van der Waals surface area contributed by atoms with Gasteiger partial charge in [0.1, 0.15) is 5.03 Å². The van der Waals surface area contributed by atoms with Crippen LogP contribution in [0.15, 0.2) is 29.4 Å². The van der Waals surface area contributed by atoms with Crippen molar-refractivity contribution in [3.63, 3.8) is 0 Å². The van der Waals surface area contributed by atoms with Gasteiger partial charge in [0, 0.05) is 32.0 Å². The van der Waals surface area contributed by atoms with Crippen molar-refractivity contribution in [3.8, 4) is 0 Å². The Kier molecular flexibility index (Phi) is 6.50. The molecule has 2 rings (SSSR count). The summed E-state index contributed by atoms with van der Waals surface area (Å²) in [5, 5.41) is 7.99. The first kappa shape index (κ1) is 19.3. The van der Waals surface area contributed by atoms with Crippen LogP contribution >= 0.6 is 23.4 Å². The minimum Gasteiger partial charge on any atom is -0.339 e. The molecule has 0 aliphatic carbocycles. The average molecular weight is 381 g/mol. The molecule has 6 nitrogen and oxygen atoms in total. The van der Waals surface area contributed by atoms with Gasteiger partial charge in [0.2, 0.25) is 0 Å². The van der Waals surface area contributed by atoms with Crippen LogP contribution in [0, 0.1) is 0 Å². The van der Waals surface area contributed by atoms with Crippen LogP contribution in [0.2, 0.25) is 5.02 Å². The molecular weight excluding hydrogens is 360 g/mol. The Morgan fingerprint density at radius 3 is 2.52 bits per heavy atom. The van der Waals surface area contributed by atoms with Crippen molar-refractivity contribution in [2.45, 2.75) is 18.9 Å². The third-order valence-corrected chi connectivity index (χ3v) is 4.74. The molecule has 0 bridgehead atoms. The molecule has 1 aromatic heterocycles. The highest BCUT2D eigenvalue weighted by Gasteiger charge is 2.18. The van der Waals surface area contributed by atoms with E-state index in [0.29, 0.717) is 40.0 Å². The van der Waals surface area contributed by atoms with E-state index in [1.165, 1.54) is 11.8 Å². The summed E-state index contributed by atoms with van der Waals surface area (Å²) in [5.41, 5.74) is 1.45. The highest BCUT2D eigenvalue weighted by molar-refractivity contribution is 7.98. The summed E-state index contributed by atoms with van der Waals surface area (Å²) in [7, 11) is 1.76. The second-order valence-electron chi connectivity index (χ2n) is 5.35. The molecule has 0 saturated carbocycles. The normalized spacial score (nSPS) is 10.6. The van der Waals surface area contributed by atoms with Crippen LogP contribution in [0.4, 0.5) is 5.69 Å². The molecule has 0 saturated heterocycles. The maximum Gasteiger partial charge on any atom is 0.260 e. The lowest BCUT2D eigenvalue weighted by Gasteiger charge is -2.19. The molecule has 0 atom stereocenters. The van der Waals surface area contributed by atoms with Crippen molar-refractivity contribution in [1.29, 1.82) is 0 Å². The number of nitrogens with zero attached hydrogens (tertiary/aromatic N) is 3. The predicted molar refractivity (Wildman–Crippen MR) is 102 cm³/mol. The summed E-state index contributed by atoms with van der Waals surface area (Å²) >= 11 is 7.66. The molecule has 2 amide bonds. The number of amides is 2. The zero-order chi connectivity index (χ0) is 18.6. The number of hydrogen-bond acceptors (Lipinski definition) is 4. The van der Waals surface area contributed by atoms with E-state index in [1.54, 1.807) is 41.0 Å². The molecule has 0 aliphatic rings. The summed E-state index contributed by atoms with van der Waals surface area (Å²) in [5.74, 6) is -0.388. The maximum absolute atomic E-state index is 12.4. The molecule has 0 unspecified atom stereocenters. The minimum atomic E-state index is -0.267. The SMILES string of the molecule is CCN(CC)C(=O)c1ccc(NC(=O)c2cn(C)nc2SC)cc1Cl. The molecule has 1 N–H and O–H groups in total. The second kappa shape index (κ2) is 8.40. The van der Waals surface area contributed by atoms with Crippen molar-refractivity contribution >= 4 is 40.9 Å². The largest absolute Gasteiger partial charge is 0.339 e. The van der Waals surface area contributed by atoms with E-state index >= 15 is 0 Å². The number of aromatic nitrogens is 2. The van der Waals surface area contributed by atoms with Crippen LogP contribution in [0.25, 0.3) is 0 Å². The van der Waals surface area contributed by atoms with E-state index in [9.17, 15) is 9.59 Å². The fourth-order valence-electron chi connectivity index (χ4n) is 2.42. The number of halogens is 1. The topological polar surface area (TPSA) is 67.2 Å². The van der Waals surface area contributed by atoms with Gasteiger partial charge in [-0.1, -0.05) is 11.6 Å². The molecule has 8 heteroatoms. The van der Waals surface area contributed by atoms with Crippen molar-refractivity contribution in [2.75, 3.05) is 24.7 Å². The minimum absolute atomic E-state index is 0.121. The van der Waals surface area contributed by atoms with Crippen LogP contribution in [0.5, 0.6) is 0 Å². The van der Waals surface area contributed by atoms with Crippen molar-refractivity contribution in [3.05, 3.63) is 40.5 Å². The first-order valence-electron chi connectivity index (χ1n) is 7.89. The van der Waals surface area contributed by atoms with Gasteiger partial charge in [0.15, 0.2) is 0 Å². The smallest absolute Gasteiger partial charge is 0.260 e. The number of aryl methyl sites for hydroxylation is 1. The maximum atomic E-state index is 12.4. The molecule has 1 heterocycles. The molecule has 134 valence electrons. The fraction of sp³-hybridized carbons (Fsp3) is 0.353.